The van der Waals surface area contributed by atoms with Gasteiger partial charge in [0, 0.05) is 47.2 Å². The average molecular weight is 470 g/mol. The minimum Gasteiger partial charge on any atom is -0.497 e. The molecule has 1 aliphatic heterocycles. The van der Waals surface area contributed by atoms with Crippen molar-refractivity contribution < 1.29 is 14.3 Å². The zero-order valence-electron chi connectivity index (χ0n) is 20.4. The van der Waals surface area contributed by atoms with Crippen molar-refractivity contribution in [3.8, 4) is 16.9 Å². The van der Waals surface area contributed by atoms with E-state index in [4.69, 9.17) is 15.2 Å². The molecule has 2 aliphatic rings. The summed E-state index contributed by atoms with van der Waals surface area (Å²) in [4.78, 5) is 13.2. The smallest absolute Gasteiger partial charge is 0.252 e. The van der Waals surface area contributed by atoms with Crippen molar-refractivity contribution in [3.63, 3.8) is 0 Å². The van der Waals surface area contributed by atoms with Gasteiger partial charge in [0.1, 0.15) is 5.75 Å². The predicted molar refractivity (Wildman–Crippen MR) is 140 cm³/mol. The number of ether oxygens (including phenoxy) is 2. The fourth-order valence-electron chi connectivity index (χ4n) is 5.91. The highest BCUT2D eigenvalue weighted by Gasteiger charge is 2.34. The second-order valence-electron chi connectivity index (χ2n) is 9.53. The summed E-state index contributed by atoms with van der Waals surface area (Å²) in [6, 6.07) is 12.4. The van der Waals surface area contributed by atoms with Crippen LogP contribution in [0.4, 0.5) is 5.69 Å². The Balaban J connectivity index is 1.64. The third kappa shape index (κ3) is 3.39. The molecule has 0 unspecified atom stereocenters. The molecular formula is C29H31N3O3. The van der Waals surface area contributed by atoms with Crippen molar-refractivity contribution in [3.05, 3.63) is 58.7 Å². The Morgan fingerprint density at radius 1 is 1.06 bits per heavy atom. The Morgan fingerprint density at radius 2 is 1.94 bits per heavy atom. The van der Waals surface area contributed by atoms with E-state index in [1.165, 1.54) is 16.6 Å². The normalized spacial score (nSPS) is 14.2. The first-order valence-corrected chi connectivity index (χ1v) is 12.5. The highest BCUT2D eigenvalue weighted by atomic mass is 16.5. The molecule has 3 aromatic carbocycles. The molecule has 6 nitrogen and oxygen atoms in total. The summed E-state index contributed by atoms with van der Waals surface area (Å²) in [5, 5.41) is 5.38. The summed E-state index contributed by atoms with van der Waals surface area (Å²) >= 11 is 0. The summed E-state index contributed by atoms with van der Waals surface area (Å²) in [5.74, 6) is 0.859. The molecule has 0 atom stereocenters. The van der Waals surface area contributed by atoms with Crippen molar-refractivity contribution in [2.75, 3.05) is 26.1 Å². The number of nitrogens with one attached hydrogen (secondary N) is 1. The lowest BCUT2D eigenvalue weighted by molar-refractivity contribution is 0.0966. The van der Waals surface area contributed by atoms with E-state index in [0.717, 1.165) is 88.8 Å². The van der Waals surface area contributed by atoms with Gasteiger partial charge in [0.2, 0.25) is 0 Å². The topological polar surface area (TPSA) is 78.5 Å². The molecule has 0 saturated carbocycles. The minimum absolute atomic E-state index is 0.00881. The van der Waals surface area contributed by atoms with E-state index < -0.39 is 0 Å². The summed E-state index contributed by atoms with van der Waals surface area (Å²) in [7, 11) is 1.69. The Labute approximate surface area is 205 Å². The lowest BCUT2D eigenvalue weighted by atomic mass is 9.80. The number of carbonyl (C=O) groups is 1. The van der Waals surface area contributed by atoms with E-state index in [1.54, 1.807) is 7.11 Å². The van der Waals surface area contributed by atoms with Gasteiger partial charge in [-0.1, -0.05) is 19.4 Å². The van der Waals surface area contributed by atoms with E-state index in [2.05, 4.69) is 41.1 Å². The minimum atomic E-state index is 0.00881. The first kappa shape index (κ1) is 22.0. The quantitative estimate of drug-likeness (QED) is 0.288. The van der Waals surface area contributed by atoms with Gasteiger partial charge in [0.25, 0.3) is 5.91 Å². The number of nitrogen functional groups attached to an aromatic ring is 1. The van der Waals surface area contributed by atoms with Crippen LogP contribution in [0.2, 0.25) is 0 Å². The number of nitrogens with two attached hydrogens (primary N) is 1. The Hall–Kier alpha value is -3.51. The molecule has 0 fully saturated rings. The van der Waals surface area contributed by atoms with Crippen molar-refractivity contribution in [1.29, 1.82) is 0 Å². The third-order valence-electron chi connectivity index (χ3n) is 7.51. The van der Waals surface area contributed by atoms with E-state index >= 15 is 0 Å². The fraction of sp³-hybridized carbons (Fsp3) is 0.345. The number of aromatic nitrogens is 1. The fourth-order valence-corrected chi connectivity index (χ4v) is 5.91. The van der Waals surface area contributed by atoms with Crippen LogP contribution in [-0.4, -0.2) is 30.8 Å². The van der Waals surface area contributed by atoms with E-state index in [-0.39, 0.29) is 5.91 Å². The maximum Gasteiger partial charge on any atom is 0.252 e. The molecule has 4 aromatic rings. The van der Waals surface area contributed by atoms with Crippen LogP contribution in [0.5, 0.6) is 5.75 Å². The van der Waals surface area contributed by atoms with Crippen LogP contribution in [0.15, 0.2) is 36.4 Å². The van der Waals surface area contributed by atoms with Crippen molar-refractivity contribution in [2.45, 2.75) is 45.7 Å². The number of carbonyl (C=O) groups excluding carboxylic acids is 1. The van der Waals surface area contributed by atoms with E-state index in [1.807, 2.05) is 12.1 Å². The first-order chi connectivity index (χ1) is 17.1. The van der Waals surface area contributed by atoms with E-state index in [9.17, 15) is 4.79 Å². The number of rotatable bonds is 7. The summed E-state index contributed by atoms with van der Waals surface area (Å²) in [6.07, 6.45) is 3.97. The van der Waals surface area contributed by atoms with Crippen molar-refractivity contribution in [1.82, 2.24) is 9.88 Å². The second-order valence-corrected chi connectivity index (χ2v) is 9.53. The number of fused-ring (bicyclic) bond motifs is 10. The summed E-state index contributed by atoms with van der Waals surface area (Å²) < 4.78 is 13.9. The number of aryl methyl sites for hydroxylation is 2. The molecule has 180 valence electrons. The van der Waals surface area contributed by atoms with Gasteiger partial charge in [-0.05, 0) is 71.8 Å². The van der Waals surface area contributed by atoms with Gasteiger partial charge in [0.15, 0.2) is 0 Å². The lowest BCUT2D eigenvalue weighted by Crippen LogP contribution is -2.16. The molecule has 0 bridgehead atoms. The Morgan fingerprint density at radius 3 is 2.77 bits per heavy atom. The maximum absolute atomic E-state index is 13.2. The lowest BCUT2D eigenvalue weighted by Gasteiger charge is -2.25. The highest BCUT2D eigenvalue weighted by Crippen LogP contribution is 2.47. The second kappa shape index (κ2) is 8.61. The van der Waals surface area contributed by atoms with E-state index in [0.29, 0.717) is 13.2 Å². The number of amides is 1. The molecule has 3 N–H and O–H groups in total. The van der Waals surface area contributed by atoms with Crippen LogP contribution in [0.3, 0.4) is 0 Å². The zero-order valence-corrected chi connectivity index (χ0v) is 20.4. The standard InChI is InChI=1S/C29H31N3O3/c1-3-4-12-35-13-11-32-24-10-6-18(30)15-22(24)26-23-16-31-29(33)27(23)25-20-9-7-19(34-2)14-17(20)5-8-21(25)28(26)32/h6-7,9-10,14-15H,3-5,8,11-13,16,30H2,1-2H3,(H,31,33). The number of anilines is 1. The predicted octanol–water partition coefficient (Wildman–Crippen LogP) is 5.21. The van der Waals surface area contributed by atoms with Crippen molar-refractivity contribution >= 4 is 33.4 Å². The Kier molecular flexibility index (Phi) is 5.41. The monoisotopic (exact) mass is 469 g/mol. The van der Waals surface area contributed by atoms with Crippen LogP contribution in [0.1, 0.15) is 46.8 Å². The number of hydrogen-bond donors (Lipinski definition) is 2. The molecule has 2 heterocycles. The van der Waals surface area contributed by atoms with Gasteiger partial charge in [-0.3, -0.25) is 4.79 Å². The molecule has 1 aromatic heterocycles. The van der Waals surface area contributed by atoms with Crippen LogP contribution in [0, 0.1) is 0 Å². The van der Waals surface area contributed by atoms with Gasteiger partial charge in [-0.25, -0.2) is 0 Å². The SMILES string of the molecule is CCCCOCCn1c2ccc(N)cc2c2c3c(c4c(c21)CCc1cc(OC)ccc1-4)C(=O)NC3. The summed E-state index contributed by atoms with van der Waals surface area (Å²) in [6.45, 7) is 4.90. The number of nitrogens with zero attached hydrogens (tertiary/aromatic N) is 1. The largest absolute Gasteiger partial charge is 0.497 e. The van der Waals surface area contributed by atoms with Gasteiger partial charge in [-0.15, -0.1) is 0 Å². The van der Waals surface area contributed by atoms with Crippen LogP contribution >= 0.6 is 0 Å². The molecule has 0 saturated heterocycles. The number of hydrogen-bond acceptors (Lipinski definition) is 4. The van der Waals surface area contributed by atoms with Crippen molar-refractivity contribution in [2.24, 2.45) is 0 Å². The van der Waals surface area contributed by atoms with Gasteiger partial charge >= 0.3 is 0 Å². The molecule has 1 aliphatic carbocycles. The first-order valence-electron chi connectivity index (χ1n) is 12.5. The summed E-state index contributed by atoms with van der Waals surface area (Å²) in [5.41, 5.74) is 15.9. The molecular weight excluding hydrogens is 438 g/mol. The van der Waals surface area contributed by atoms with Gasteiger partial charge in [0.05, 0.1) is 24.8 Å². The number of methoxy groups -OCH3 is 1. The molecule has 35 heavy (non-hydrogen) atoms. The zero-order chi connectivity index (χ0) is 24.1. The van der Waals surface area contributed by atoms with Gasteiger partial charge in [-0.2, -0.15) is 0 Å². The Bertz CT molecular complexity index is 1480. The maximum atomic E-state index is 13.2. The molecule has 1 amide bonds. The van der Waals surface area contributed by atoms with Crippen LogP contribution in [0.25, 0.3) is 32.9 Å². The molecule has 0 spiro atoms. The molecule has 6 rings (SSSR count). The third-order valence-corrected chi connectivity index (χ3v) is 7.51. The number of unbranched alkanes of at least 4 members (excludes halogenated alkanes) is 1. The molecule has 0 radical (unpaired) electrons. The number of benzene rings is 3. The van der Waals surface area contributed by atoms with Crippen LogP contribution in [-0.2, 0) is 30.7 Å². The molecule has 6 heteroatoms. The highest BCUT2D eigenvalue weighted by molar-refractivity contribution is 6.19. The van der Waals surface area contributed by atoms with Crippen LogP contribution < -0.4 is 15.8 Å². The average Bonchev–Trinajstić information content (AvgIpc) is 3.41. The van der Waals surface area contributed by atoms with Gasteiger partial charge < -0.3 is 25.1 Å².